The van der Waals surface area contributed by atoms with Crippen molar-refractivity contribution < 1.29 is 14.3 Å². The number of cyclic esters (lactones) is 1. The molecule has 1 amide bonds. The lowest BCUT2D eigenvalue weighted by molar-refractivity contribution is 0.134. The van der Waals surface area contributed by atoms with Gasteiger partial charge in [0, 0.05) is 18.3 Å². The minimum atomic E-state index is -0.341. The zero-order valence-corrected chi connectivity index (χ0v) is 9.63. The van der Waals surface area contributed by atoms with E-state index in [0.717, 1.165) is 5.56 Å². The first-order valence-electron chi connectivity index (χ1n) is 5.38. The second kappa shape index (κ2) is 5.01. The largest absolute Gasteiger partial charge is 0.481 e. The number of pyridine rings is 1. The van der Waals surface area contributed by atoms with Gasteiger partial charge in [0.25, 0.3) is 0 Å². The van der Waals surface area contributed by atoms with Gasteiger partial charge in [-0.2, -0.15) is 0 Å². The molecule has 1 saturated heterocycles. The molecule has 1 atom stereocenters. The lowest BCUT2D eigenvalue weighted by Crippen LogP contribution is -2.27. The summed E-state index contributed by atoms with van der Waals surface area (Å²) < 4.78 is 10.2. The van der Waals surface area contributed by atoms with Gasteiger partial charge in [0.05, 0.1) is 20.2 Å². The minimum absolute atomic E-state index is 0.217. The van der Waals surface area contributed by atoms with Gasteiger partial charge < -0.3 is 15.2 Å². The van der Waals surface area contributed by atoms with Gasteiger partial charge in [-0.15, -0.1) is 0 Å². The molecule has 2 rings (SSSR count). The van der Waals surface area contributed by atoms with Gasteiger partial charge in [0.2, 0.25) is 5.88 Å². The van der Waals surface area contributed by atoms with Gasteiger partial charge in [0.1, 0.15) is 6.10 Å². The van der Waals surface area contributed by atoms with E-state index in [-0.39, 0.29) is 12.2 Å². The first-order valence-corrected chi connectivity index (χ1v) is 5.38. The molecule has 0 bridgehead atoms. The number of hydrogen-bond donors (Lipinski definition) is 1. The lowest BCUT2D eigenvalue weighted by Gasteiger charge is -2.14. The van der Waals surface area contributed by atoms with Crippen LogP contribution in [0.5, 0.6) is 5.88 Å². The van der Waals surface area contributed by atoms with Crippen LogP contribution in [0.2, 0.25) is 0 Å². The molecular formula is C11H15N3O3. The molecule has 92 valence electrons. The summed E-state index contributed by atoms with van der Waals surface area (Å²) in [6.45, 7) is 1.27. The van der Waals surface area contributed by atoms with Gasteiger partial charge in [-0.25, -0.2) is 9.78 Å². The van der Waals surface area contributed by atoms with E-state index in [1.807, 2.05) is 6.07 Å². The normalized spacial score (nSPS) is 19.3. The second-order valence-corrected chi connectivity index (χ2v) is 3.79. The first kappa shape index (κ1) is 11.7. The molecule has 2 heterocycles. The van der Waals surface area contributed by atoms with Crippen LogP contribution in [0.15, 0.2) is 18.3 Å². The molecule has 6 nitrogen and oxygen atoms in total. The number of nitrogens with zero attached hydrogens (tertiary/aromatic N) is 2. The summed E-state index contributed by atoms with van der Waals surface area (Å²) in [5.41, 5.74) is 6.32. The number of aromatic nitrogens is 1. The molecule has 0 saturated carbocycles. The number of amides is 1. The Morgan fingerprint density at radius 1 is 1.71 bits per heavy atom. The summed E-state index contributed by atoms with van der Waals surface area (Å²) in [5, 5.41) is 0. The fourth-order valence-corrected chi connectivity index (χ4v) is 1.76. The Morgan fingerprint density at radius 3 is 3.18 bits per heavy atom. The molecule has 6 heteroatoms. The van der Waals surface area contributed by atoms with Crippen LogP contribution in [0.4, 0.5) is 4.79 Å². The third kappa shape index (κ3) is 2.47. The Balaban J connectivity index is 2.08. The highest BCUT2D eigenvalue weighted by molar-refractivity contribution is 5.70. The highest BCUT2D eigenvalue weighted by Crippen LogP contribution is 2.19. The van der Waals surface area contributed by atoms with Crippen LogP contribution < -0.4 is 10.5 Å². The quantitative estimate of drug-likeness (QED) is 0.818. The Hall–Kier alpha value is -1.82. The maximum Gasteiger partial charge on any atom is 0.410 e. The highest BCUT2D eigenvalue weighted by atomic mass is 16.6. The summed E-state index contributed by atoms with van der Waals surface area (Å²) in [5.74, 6) is 0.525. The fraction of sp³-hybridized carbons (Fsp3) is 0.455. The highest BCUT2D eigenvalue weighted by Gasteiger charge is 2.30. The third-order valence-corrected chi connectivity index (χ3v) is 2.62. The van der Waals surface area contributed by atoms with Crippen LogP contribution in [0.1, 0.15) is 5.56 Å². The van der Waals surface area contributed by atoms with Crippen molar-refractivity contribution in [2.75, 3.05) is 20.2 Å². The molecule has 2 N–H and O–H groups in total. The molecule has 0 spiro atoms. The number of carbonyl (C=O) groups excluding carboxylic acids is 1. The van der Waals surface area contributed by atoms with Crippen molar-refractivity contribution in [1.29, 1.82) is 0 Å². The molecule has 1 aliphatic rings. The van der Waals surface area contributed by atoms with Crippen molar-refractivity contribution in [3.63, 3.8) is 0 Å². The zero-order valence-electron chi connectivity index (χ0n) is 9.63. The van der Waals surface area contributed by atoms with Crippen LogP contribution in [0.25, 0.3) is 0 Å². The van der Waals surface area contributed by atoms with Gasteiger partial charge in [-0.05, 0) is 6.07 Å². The monoisotopic (exact) mass is 237 g/mol. The van der Waals surface area contributed by atoms with E-state index in [4.69, 9.17) is 15.2 Å². The molecule has 0 aliphatic carbocycles. The lowest BCUT2D eigenvalue weighted by atomic mass is 10.2. The topological polar surface area (TPSA) is 77.7 Å². The van der Waals surface area contributed by atoms with Crippen LogP contribution in [0.3, 0.4) is 0 Å². The Bertz CT molecular complexity index is 411. The average molecular weight is 237 g/mol. The Morgan fingerprint density at radius 2 is 2.53 bits per heavy atom. The second-order valence-electron chi connectivity index (χ2n) is 3.79. The van der Waals surface area contributed by atoms with E-state index in [1.54, 1.807) is 24.3 Å². The predicted octanol–water partition coefficient (Wildman–Crippen LogP) is 0.370. The number of methoxy groups -OCH3 is 1. The van der Waals surface area contributed by atoms with Crippen molar-refractivity contribution in [1.82, 2.24) is 9.88 Å². The molecule has 1 fully saturated rings. The minimum Gasteiger partial charge on any atom is -0.481 e. The number of nitrogens with two attached hydrogens (primary N) is 1. The Kier molecular flexibility index (Phi) is 3.43. The maximum atomic E-state index is 11.5. The van der Waals surface area contributed by atoms with E-state index < -0.39 is 0 Å². The molecule has 1 aromatic heterocycles. The van der Waals surface area contributed by atoms with Gasteiger partial charge in [-0.1, -0.05) is 6.07 Å². The molecule has 1 unspecified atom stereocenters. The molecule has 0 aromatic carbocycles. The maximum absolute atomic E-state index is 11.5. The van der Waals surface area contributed by atoms with E-state index in [1.165, 1.54) is 0 Å². The third-order valence-electron chi connectivity index (χ3n) is 2.62. The van der Waals surface area contributed by atoms with E-state index in [0.29, 0.717) is 25.5 Å². The summed E-state index contributed by atoms with van der Waals surface area (Å²) in [7, 11) is 1.55. The summed E-state index contributed by atoms with van der Waals surface area (Å²) in [4.78, 5) is 17.2. The summed E-state index contributed by atoms with van der Waals surface area (Å²) in [6.07, 6.45) is 1.09. The first-order chi connectivity index (χ1) is 8.24. The average Bonchev–Trinajstić information content (AvgIpc) is 2.71. The number of carbonyl (C=O) groups is 1. The van der Waals surface area contributed by atoms with E-state index in [9.17, 15) is 4.79 Å². The van der Waals surface area contributed by atoms with Crippen molar-refractivity contribution in [2.24, 2.45) is 5.73 Å². The van der Waals surface area contributed by atoms with Crippen LogP contribution in [-0.2, 0) is 11.3 Å². The zero-order chi connectivity index (χ0) is 12.3. The van der Waals surface area contributed by atoms with Crippen LogP contribution >= 0.6 is 0 Å². The summed E-state index contributed by atoms with van der Waals surface area (Å²) in [6, 6.07) is 3.68. The smallest absolute Gasteiger partial charge is 0.410 e. The number of ether oxygens (including phenoxy) is 2. The van der Waals surface area contributed by atoms with Crippen molar-refractivity contribution >= 4 is 6.09 Å². The molecular weight excluding hydrogens is 222 g/mol. The summed E-state index contributed by atoms with van der Waals surface area (Å²) >= 11 is 0. The molecule has 1 aliphatic heterocycles. The van der Waals surface area contributed by atoms with Gasteiger partial charge >= 0.3 is 6.09 Å². The molecule has 1 aromatic rings. The van der Waals surface area contributed by atoms with E-state index >= 15 is 0 Å². The SMILES string of the molecule is COc1ncccc1CN1CC(CN)OC1=O. The molecule has 17 heavy (non-hydrogen) atoms. The van der Waals surface area contributed by atoms with Crippen molar-refractivity contribution in [3.8, 4) is 5.88 Å². The predicted molar refractivity (Wildman–Crippen MR) is 60.5 cm³/mol. The van der Waals surface area contributed by atoms with E-state index in [2.05, 4.69) is 4.98 Å². The van der Waals surface area contributed by atoms with Crippen LogP contribution in [0, 0.1) is 0 Å². The van der Waals surface area contributed by atoms with Gasteiger partial charge in [-0.3, -0.25) is 4.90 Å². The van der Waals surface area contributed by atoms with Crippen LogP contribution in [-0.4, -0.2) is 42.3 Å². The molecule has 0 radical (unpaired) electrons. The van der Waals surface area contributed by atoms with Gasteiger partial charge in [0.15, 0.2) is 0 Å². The number of rotatable bonds is 4. The number of hydrogen-bond acceptors (Lipinski definition) is 5. The van der Waals surface area contributed by atoms with Crippen molar-refractivity contribution in [2.45, 2.75) is 12.6 Å². The Labute approximate surface area is 99.3 Å². The van der Waals surface area contributed by atoms with Crippen molar-refractivity contribution in [3.05, 3.63) is 23.9 Å². The standard InChI is InChI=1S/C11H15N3O3/c1-16-10-8(3-2-4-13-10)6-14-7-9(5-12)17-11(14)15/h2-4,9H,5-7,12H2,1H3. The fourth-order valence-electron chi connectivity index (χ4n) is 1.76.